The van der Waals surface area contributed by atoms with E-state index < -0.39 is 0 Å². The molecule has 0 aromatic heterocycles. The lowest BCUT2D eigenvalue weighted by Crippen LogP contribution is -2.45. The second-order valence-corrected chi connectivity index (χ2v) is 3.59. The van der Waals surface area contributed by atoms with Gasteiger partial charge in [0.25, 0.3) is 5.91 Å². The third-order valence-corrected chi connectivity index (χ3v) is 2.46. The number of nitrogens with zero attached hydrogens (tertiary/aromatic N) is 1. The number of hydrazine groups is 1. The molecule has 15 heavy (non-hydrogen) atoms. The zero-order valence-electron chi connectivity index (χ0n) is 9.10. The topological polar surface area (TPSA) is 58.4 Å². The van der Waals surface area contributed by atoms with Gasteiger partial charge in [0.1, 0.15) is 0 Å². The third-order valence-electron chi connectivity index (χ3n) is 2.46. The number of likely N-dealkylation sites (N-methyl/N-ethyl adjacent to an activating group) is 1. The number of nitrogens with one attached hydrogen (secondary N) is 1. The van der Waals surface area contributed by atoms with Gasteiger partial charge in [-0.1, -0.05) is 30.3 Å². The van der Waals surface area contributed by atoms with Crippen LogP contribution in [-0.4, -0.2) is 23.9 Å². The summed E-state index contributed by atoms with van der Waals surface area (Å²) in [4.78, 5) is 13.2. The normalized spacial score (nSPS) is 12.5. The number of amides is 1. The first kappa shape index (κ1) is 11.7. The minimum absolute atomic E-state index is 0.173. The second kappa shape index (κ2) is 5.48. The summed E-state index contributed by atoms with van der Waals surface area (Å²) in [5.74, 6) is 4.91. The number of benzene rings is 1. The maximum Gasteiger partial charge on any atom is 0.250 e. The summed E-state index contributed by atoms with van der Waals surface area (Å²) in [6, 6.07) is 9.77. The maximum atomic E-state index is 11.3. The van der Waals surface area contributed by atoms with Gasteiger partial charge in [0.15, 0.2) is 0 Å². The zero-order valence-corrected chi connectivity index (χ0v) is 9.10. The lowest BCUT2D eigenvalue weighted by atomic mass is 10.2. The molecule has 0 fully saturated rings. The van der Waals surface area contributed by atoms with Gasteiger partial charge in [-0.2, -0.15) is 0 Å². The molecule has 0 aliphatic heterocycles. The van der Waals surface area contributed by atoms with E-state index in [2.05, 4.69) is 5.43 Å². The Labute approximate surface area is 90.0 Å². The Hall–Kier alpha value is -1.39. The number of hydrogen-bond donors (Lipinski definition) is 2. The Bertz CT molecular complexity index is 313. The first-order chi connectivity index (χ1) is 7.15. The fraction of sp³-hybridized carbons (Fsp3) is 0.364. The van der Waals surface area contributed by atoms with Crippen molar-refractivity contribution < 1.29 is 4.79 Å². The van der Waals surface area contributed by atoms with Crippen LogP contribution in [0.25, 0.3) is 0 Å². The number of hydrogen-bond acceptors (Lipinski definition) is 3. The van der Waals surface area contributed by atoms with Crippen molar-refractivity contribution in [2.75, 3.05) is 7.05 Å². The van der Waals surface area contributed by atoms with Crippen LogP contribution in [0, 0.1) is 0 Å². The molecule has 4 heteroatoms. The largest absolute Gasteiger partial charge is 0.293 e. The van der Waals surface area contributed by atoms with Crippen LogP contribution in [0.4, 0.5) is 0 Å². The highest BCUT2D eigenvalue weighted by Gasteiger charge is 2.16. The summed E-state index contributed by atoms with van der Waals surface area (Å²) in [7, 11) is 1.90. The van der Waals surface area contributed by atoms with E-state index in [4.69, 9.17) is 5.84 Å². The molecule has 0 radical (unpaired) electrons. The van der Waals surface area contributed by atoms with Crippen LogP contribution < -0.4 is 11.3 Å². The van der Waals surface area contributed by atoms with Gasteiger partial charge in [-0.05, 0) is 19.5 Å². The standard InChI is InChI=1S/C11H17N3O/c1-9(11(15)13-12)14(2)8-10-6-4-3-5-7-10/h3-7,9H,8,12H2,1-2H3,(H,13,15). The molecule has 0 aliphatic rings. The highest BCUT2D eigenvalue weighted by Crippen LogP contribution is 2.05. The van der Waals surface area contributed by atoms with Crippen LogP contribution in [0.2, 0.25) is 0 Å². The van der Waals surface area contributed by atoms with Crippen molar-refractivity contribution in [3.8, 4) is 0 Å². The summed E-state index contributed by atoms with van der Waals surface area (Å²) in [6.07, 6.45) is 0. The van der Waals surface area contributed by atoms with Crippen LogP contribution in [0.3, 0.4) is 0 Å². The van der Waals surface area contributed by atoms with E-state index in [0.29, 0.717) is 0 Å². The SMILES string of the molecule is CC(C(=O)NN)N(C)Cc1ccccc1. The molecule has 0 aliphatic carbocycles. The van der Waals surface area contributed by atoms with Crippen LogP contribution in [0.15, 0.2) is 30.3 Å². The maximum absolute atomic E-state index is 11.3. The van der Waals surface area contributed by atoms with Gasteiger partial charge in [-0.15, -0.1) is 0 Å². The molecule has 3 N–H and O–H groups in total. The molecule has 1 amide bonds. The Kier molecular flexibility index (Phi) is 4.27. The summed E-state index contributed by atoms with van der Waals surface area (Å²) in [5.41, 5.74) is 3.33. The third kappa shape index (κ3) is 3.34. The van der Waals surface area contributed by atoms with Crippen molar-refractivity contribution >= 4 is 5.91 Å². The number of rotatable bonds is 4. The smallest absolute Gasteiger partial charge is 0.250 e. The summed E-state index contributed by atoms with van der Waals surface area (Å²) < 4.78 is 0. The van der Waals surface area contributed by atoms with E-state index in [-0.39, 0.29) is 11.9 Å². The summed E-state index contributed by atoms with van der Waals surface area (Å²) >= 11 is 0. The molecule has 0 saturated carbocycles. The summed E-state index contributed by atoms with van der Waals surface area (Å²) in [6.45, 7) is 2.56. The van der Waals surface area contributed by atoms with E-state index in [1.54, 1.807) is 0 Å². The van der Waals surface area contributed by atoms with Crippen molar-refractivity contribution in [2.45, 2.75) is 19.5 Å². The average Bonchev–Trinajstić information content (AvgIpc) is 2.28. The minimum Gasteiger partial charge on any atom is -0.293 e. The predicted molar refractivity (Wildman–Crippen MR) is 59.7 cm³/mol. The van der Waals surface area contributed by atoms with Gasteiger partial charge in [-0.25, -0.2) is 5.84 Å². The first-order valence-electron chi connectivity index (χ1n) is 4.89. The highest BCUT2D eigenvalue weighted by atomic mass is 16.2. The fourth-order valence-corrected chi connectivity index (χ4v) is 1.33. The van der Waals surface area contributed by atoms with Gasteiger partial charge in [-0.3, -0.25) is 15.1 Å². The van der Waals surface area contributed by atoms with Crippen molar-refractivity contribution in [3.05, 3.63) is 35.9 Å². The van der Waals surface area contributed by atoms with Crippen LogP contribution in [-0.2, 0) is 11.3 Å². The molecule has 0 saturated heterocycles. The van der Waals surface area contributed by atoms with E-state index in [1.807, 2.05) is 49.2 Å². The monoisotopic (exact) mass is 207 g/mol. The molecule has 1 unspecified atom stereocenters. The van der Waals surface area contributed by atoms with Gasteiger partial charge >= 0.3 is 0 Å². The molecular weight excluding hydrogens is 190 g/mol. The number of nitrogens with two attached hydrogens (primary N) is 1. The van der Waals surface area contributed by atoms with Crippen LogP contribution >= 0.6 is 0 Å². The van der Waals surface area contributed by atoms with Gasteiger partial charge in [0, 0.05) is 6.54 Å². The Morgan fingerprint density at radius 1 is 1.47 bits per heavy atom. The van der Waals surface area contributed by atoms with E-state index in [1.165, 1.54) is 5.56 Å². The Morgan fingerprint density at radius 3 is 2.60 bits per heavy atom. The molecule has 0 spiro atoms. The molecule has 0 heterocycles. The van der Waals surface area contributed by atoms with E-state index in [9.17, 15) is 4.79 Å². The second-order valence-electron chi connectivity index (χ2n) is 3.59. The molecule has 1 atom stereocenters. The summed E-state index contributed by atoms with van der Waals surface area (Å²) in [5, 5.41) is 0. The minimum atomic E-state index is -0.227. The van der Waals surface area contributed by atoms with E-state index >= 15 is 0 Å². The Balaban J connectivity index is 2.56. The molecule has 4 nitrogen and oxygen atoms in total. The Morgan fingerprint density at radius 2 is 2.07 bits per heavy atom. The predicted octanol–water partition coefficient (Wildman–Crippen LogP) is 0.497. The molecule has 1 aromatic rings. The van der Waals surface area contributed by atoms with Gasteiger partial charge < -0.3 is 0 Å². The quantitative estimate of drug-likeness (QED) is 0.429. The lowest BCUT2D eigenvalue weighted by Gasteiger charge is -2.22. The van der Waals surface area contributed by atoms with Crippen molar-refractivity contribution in [1.82, 2.24) is 10.3 Å². The molecular formula is C11H17N3O. The number of carbonyl (C=O) groups is 1. The van der Waals surface area contributed by atoms with Crippen molar-refractivity contribution in [1.29, 1.82) is 0 Å². The lowest BCUT2D eigenvalue weighted by molar-refractivity contribution is -0.125. The van der Waals surface area contributed by atoms with Gasteiger partial charge in [0.2, 0.25) is 0 Å². The first-order valence-corrected chi connectivity index (χ1v) is 4.89. The molecule has 82 valence electrons. The van der Waals surface area contributed by atoms with Crippen LogP contribution in [0.5, 0.6) is 0 Å². The molecule has 1 aromatic carbocycles. The fourth-order valence-electron chi connectivity index (χ4n) is 1.33. The van der Waals surface area contributed by atoms with Crippen molar-refractivity contribution in [3.63, 3.8) is 0 Å². The number of carbonyl (C=O) groups excluding carboxylic acids is 1. The average molecular weight is 207 g/mol. The van der Waals surface area contributed by atoms with E-state index in [0.717, 1.165) is 6.54 Å². The van der Waals surface area contributed by atoms with Gasteiger partial charge in [0.05, 0.1) is 6.04 Å². The highest BCUT2D eigenvalue weighted by molar-refractivity contribution is 5.80. The van der Waals surface area contributed by atoms with Crippen LogP contribution in [0.1, 0.15) is 12.5 Å². The van der Waals surface area contributed by atoms with Crippen molar-refractivity contribution in [2.24, 2.45) is 5.84 Å². The molecule has 1 rings (SSSR count). The zero-order chi connectivity index (χ0) is 11.3. The molecule has 0 bridgehead atoms.